The Morgan fingerprint density at radius 3 is 2.72 bits per heavy atom. The third-order valence-corrected chi connectivity index (χ3v) is 4.36. The molecule has 0 fully saturated rings. The van der Waals surface area contributed by atoms with Crippen LogP contribution in [0.3, 0.4) is 0 Å². The van der Waals surface area contributed by atoms with Crippen LogP contribution in [0.15, 0.2) is 67.1 Å². The Morgan fingerprint density at radius 1 is 1.00 bits per heavy atom. The highest BCUT2D eigenvalue weighted by atomic mass is 19.1. The number of fused-ring (bicyclic) bond motifs is 1. The minimum absolute atomic E-state index is 0.227. The van der Waals surface area contributed by atoms with Gasteiger partial charge in [0.2, 0.25) is 5.95 Å². The van der Waals surface area contributed by atoms with Gasteiger partial charge in [0.25, 0.3) is 5.91 Å². The third kappa shape index (κ3) is 4.37. The van der Waals surface area contributed by atoms with Gasteiger partial charge in [-0.1, -0.05) is 0 Å². The van der Waals surface area contributed by atoms with Crippen LogP contribution in [-0.2, 0) is 0 Å². The van der Waals surface area contributed by atoms with Crippen molar-refractivity contribution in [3.05, 3.63) is 78.5 Å². The summed E-state index contributed by atoms with van der Waals surface area (Å²) in [6, 6.07) is 13.2. The van der Waals surface area contributed by atoms with Crippen LogP contribution in [0.25, 0.3) is 16.9 Å². The van der Waals surface area contributed by atoms with E-state index in [4.69, 9.17) is 0 Å². The van der Waals surface area contributed by atoms with Gasteiger partial charge in [-0.05, 0) is 55.0 Å². The van der Waals surface area contributed by atoms with Gasteiger partial charge in [-0.15, -0.1) is 0 Å². The number of aromatic nitrogens is 4. The Bertz CT molecular complexity index is 1130. The van der Waals surface area contributed by atoms with Gasteiger partial charge in [-0.2, -0.15) is 4.98 Å². The predicted octanol–water partition coefficient (Wildman–Crippen LogP) is 3.19. The summed E-state index contributed by atoms with van der Waals surface area (Å²) in [6.07, 6.45) is 6.05. The Labute approximate surface area is 166 Å². The molecule has 0 aliphatic rings. The molecule has 4 rings (SSSR count). The number of anilines is 1. The number of rotatable bonds is 7. The summed E-state index contributed by atoms with van der Waals surface area (Å²) in [5.41, 5.74) is 1.27. The number of nitrogens with one attached hydrogen (secondary N) is 2. The van der Waals surface area contributed by atoms with Crippen molar-refractivity contribution in [2.75, 3.05) is 18.4 Å². The lowest BCUT2D eigenvalue weighted by atomic mass is 10.2. The Balaban J connectivity index is 1.30. The van der Waals surface area contributed by atoms with Crippen LogP contribution < -0.4 is 10.6 Å². The molecule has 3 aromatic heterocycles. The number of benzene rings is 1. The zero-order valence-electron chi connectivity index (χ0n) is 15.5. The van der Waals surface area contributed by atoms with Crippen LogP contribution in [-0.4, -0.2) is 38.5 Å². The fourth-order valence-electron chi connectivity index (χ4n) is 2.91. The van der Waals surface area contributed by atoms with E-state index in [1.807, 2.05) is 35.0 Å². The number of carbonyl (C=O) groups excluding carboxylic acids is 1. The van der Waals surface area contributed by atoms with Crippen molar-refractivity contribution in [1.29, 1.82) is 0 Å². The molecule has 1 amide bonds. The van der Waals surface area contributed by atoms with Gasteiger partial charge < -0.3 is 10.6 Å². The third-order valence-electron chi connectivity index (χ3n) is 4.36. The van der Waals surface area contributed by atoms with E-state index in [-0.39, 0.29) is 11.7 Å². The monoisotopic (exact) mass is 390 g/mol. The Kier molecular flexibility index (Phi) is 5.42. The first-order chi connectivity index (χ1) is 14.2. The Morgan fingerprint density at radius 2 is 1.86 bits per heavy atom. The lowest BCUT2D eigenvalue weighted by molar-refractivity contribution is 0.0953. The molecule has 3 heterocycles. The molecule has 0 radical (unpaired) electrons. The number of hydrogen-bond acceptors (Lipinski definition) is 5. The molecule has 0 spiro atoms. The number of pyridine rings is 1. The molecule has 8 heteroatoms. The predicted molar refractivity (Wildman–Crippen MR) is 108 cm³/mol. The lowest BCUT2D eigenvalue weighted by Gasteiger charge is -2.08. The standard InChI is InChI=1S/C21H19FN6O/c22-17-6-4-16(5-7-17)20(29)24-11-2-12-25-21-26-13-8-18(27-21)28-14-9-15-3-1-10-23-19(15)28/h1,3-10,13-14H,2,11-12H2,(H,24,29)(H,25,26,27). The number of nitrogens with zero attached hydrogens (tertiary/aromatic N) is 4. The van der Waals surface area contributed by atoms with Gasteiger partial charge in [0, 0.05) is 42.6 Å². The summed E-state index contributed by atoms with van der Waals surface area (Å²) in [5, 5.41) is 7.00. The van der Waals surface area contributed by atoms with E-state index in [9.17, 15) is 9.18 Å². The first-order valence-corrected chi connectivity index (χ1v) is 9.24. The zero-order chi connectivity index (χ0) is 20.1. The maximum absolute atomic E-state index is 12.9. The van der Waals surface area contributed by atoms with E-state index in [1.165, 1.54) is 24.3 Å². The van der Waals surface area contributed by atoms with Crippen molar-refractivity contribution in [1.82, 2.24) is 24.8 Å². The first kappa shape index (κ1) is 18.5. The average Bonchev–Trinajstić information content (AvgIpc) is 3.18. The molecule has 0 aliphatic carbocycles. The van der Waals surface area contributed by atoms with Gasteiger partial charge in [-0.3, -0.25) is 9.36 Å². The van der Waals surface area contributed by atoms with E-state index < -0.39 is 0 Å². The maximum Gasteiger partial charge on any atom is 0.251 e. The molecule has 0 unspecified atom stereocenters. The van der Waals surface area contributed by atoms with Crippen LogP contribution in [0.4, 0.5) is 10.3 Å². The molecule has 0 saturated carbocycles. The smallest absolute Gasteiger partial charge is 0.251 e. The first-order valence-electron chi connectivity index (χ1n) is 9.24. The van der Waals surface area contributed by atoms with E-state index in [2.05, 4.69) is 25.6 Å². The molecule has 0 saturated heterocycles. The van der Waals surface area contributed by atoms with Gasteiger partial charge in [0.1, 0.15) is 17.3 Å². The fraction of sp³-hybridized carbons (Fsp3) is 0.143. The Hall–Kier alpha value is -3.81. The average molecular weight is 390 g/mol. The second-order valence-corrected chi connectivity index (χ2v) is 6.38. The summed E-state index contributed by atoms with van der Waals surface area (Å²) in [5.74, 6) is 0.637. The summed E-state index contributed by atoms with van der Waals surface area (Å²) < 4.78 is 14.8. The maximum atomic E-state index is 12.9. The number of amides is 1. The van der Waals surface area contributed by atoms with Gasteiger partial charge in [0.15, 0.2) is 0 Å². The summed E-state index contributed by atoms with van der Waals surface area (Å²) in [4.78, 5) is 25.2. The van der Waals surface area contributed by atoms with E-state index in [1.54, 1.807) is 12.4 Å². The van der Waals surface area contributed by atoms with E-state index in [0.29, 0.717) is 31.0 Å². The lowest BCUT2D eigenvalue weighted by Crippen LogP contribution is -2.25. The molecule has 0 atom stereocenters. The quantitative estimate of drug-likeness (QED) is 0.474. The van der Waals surface area contributed by atoms with Crippen molar-refractivity contribution in [3.63, 3.8) is 0 Å². The van der Waals surface area contributed by atoms with Gasteiger partial charge in [0.05, 0.1) is 0 Å². The number of carbonyl (C=O) groups is 1. The topological polar surface area (TPSA) is 84.7 Å². The van der Waals surface area contributed by atoms with Crippen LogP contribution in [0.1, 0.15) is 16.8 Å². The van der Waals surface area contributed by atoms with Crippen molar-refractivity contribution in [2.24, 2.45) is 0 Å². The second-order valence-electron chi connectivity index (χ2n) is 6.38. The molecular formula is C21H19FN6O. The van der Waals surface area contributed by atoms with Crippen LogP contribution in [0, 0.1) is 5.82 Å². The molecule has 29 heavy (non-hydrogen) atoms. The van der Waals surface area contributed by atoms with Gasteiger partial charge in [-0.25, -0.2) is 14.4 Å². The van der Waals surface area contributed by atoms with Crippen LogP contribution in [0.5, 0.6) is 0 Å². The zero-order valence-corrected chi connectivity index (χ0v) is 15.5. The molecule has 1 aromatic carbocycles. The fourth-order valence-corrected chi connectivity index (χ4v) is 2.91. The summed E-state index contributed by atoms with van der Waals surface area (Å²) >= 11 is 0. The second kappa shape index (κ2) is 8.47. The van der Waals surface area contributed by atoms with E-state index >= 15 is 0 Å². The highest BCUT2D eigenvalue weighted by Gasteiger charge is 2.07. The van der Waals surface area contributed by atoms with Gasteiger partial charge >= 0.3 is 0 Å². The largest absolute Gasteiger partial charge is 0.354 e. The highest BCUT2D eigenvalue weighted by molar-refractivity contribution is 5.94. The summed E-state index contributed by atoms with van der Waals surface area (Å²) in [7, 11) is 0. The number of hydrogen-bond donors (Lipinski definition) is 2. The van der Waals surface area contributed by atoms with E-state index in [0.717, 1.165) is 16.9 Å². The molecule has 0 aliphatic heterocycles. The minimum Gasteiger partial charge on any atom is -0.354 e. The molecule has 146 valence electrons. The minimum atomic E-state index is -0.364. The summed E-state index contributed by atoms with van der Waals surface area (Å²) in [6.45, 7) is 1.08. The normalized spacial score (nSPS) is 10.8. The van der Waals surface area contributed by atoms with Crippen LogP contribution >= 0.6 is 0 Å². The molecule has 2 N–H and O–H groups in total. The highest BCUT2D eigenvalue weighted by Crippen LogP contribution is 2.17. The van der Waals surface area contributed by atoms with Crippen molar-refractivity contribution >= 4 is 22.9 Å². The van der Waals surface area contributed by atoms with Crippen molar-refractivity contribution in [2.45, 2.75) is 6.42 Å². The molecule has 7 nitrogen and oxygen atoms in total. The molecule has 0 bridgehead atoms. The van der Waals surface area contributed by atoms with Crippen molar-refractivity contribution in [3.8, 4) is 5.82 Å². The number of halogens is 1. The SMILES string of the molecule is O=C(NCCCNc1nccc(-n2ccc3cccnc32)n1)c1ccc(F)cc1. The van der Waals surface area contributed by atoms with Crippen LogP contribution in [0.2, 0.25) is 0 Å². The molecule has 4 aromatic rings. The van der Waals surface area contributed by atoms with Crippen molar-refractivity contribution < 1.29 is 9.18 Å². The molecular weight excluding hydrogens is 371 g/mol.